The Morgan fingerprint density at radius 2 is 2.17 bits per heavy atom. The number of hydrogen-bond donors (Lipinski definition) is 2. The van der Waals surface area contributed by atoms with Gasteiger partial charge < -0.3 is 10.5 Å². The van der Waals surface area contributed by atoms with Crippen LogP contribution >= 0.6 is 11.6 Å². The average molecular weight is 293 g/mol. The molecule has 1 aromatic carbocycles. The Balaban J connectivity index is 2.87. The van der Waals surface area contributed by atoms with Gasteiger partial charge in [-0.05, 0) is 19.1 Å². The smallest absolute Gasteiger partial charge is 0.215 e. The van der Waals surface area contributed by atoms with Crippen LogP contribution < -0.4 is 15.2 Å². The maximum absolute atomic E-state index is 11.8. The first kappa shape index (κ1) is 15.2. The summed E-state index contributed by atoms with van der Waals surface area (Å²) in [6.07, 6.45) is 0. The maximum Gasteiger partial charge on any atom is 0.215 e. The van der Waals surface area contributed by atoms with Crippen molar-refractivity contribution >= 4 is 21.6 Å². The molecule has 0 fully saturated rings. The van der Waals surface area contributed by atoms with E-state index in [2.05, 4.69) is 4.72 Å². The number of sulfonamides is 1. The van der Waals surface area contributed by atoms with Crippen LogP contribution in [0.3, 0.4) is 0 Å². The lowest BCUT2D eigenvalue weighted by atomic mass is 10.2. The molecule has 0 amide bonds. The first-order valence-electron chi connectivity index (χ1n) is 5.42. The molecule has 0 aliphatic rings. The first-order chi connectivity index (χ1) is 8.42. The Hall–Kier alpha value is -0.820. The third-order valence-corrected chi connectivity index (χ3v) is 4.76. The third-order valence-electron chi connectivity index (χ3n) is 2.61. The van der Waals surface area contributed by atoms with E-state index in [9.17, 15) is 8.42 Å². The number of nitrogens with one attached hydrogen (secondary N) is 1. The fourth-order valence-corrected chi connectivity index (χ4v) is 2.46. The summed E-state index contributed by atoms with van der Waals surface area (Å²) >= 11 is 6.01. The summed E-state index contributed by atoms with van der Waals surface area (Å²) in [5.41, 5.74) is 5.95. The van der Waals surface area contributed by atoms with Crippen molar-refractivity contribution in [2.75, 3.05) is 13.7 Å². The molecule has 3 N–H and O–H groups in total. The van der Waals surface area contributed by atoms with Crippen molar-refractivity contribution in [1.82, 2.24) is 4.72 Å². The van der Waals surface area contributed by atoms with E-state index in [4.69, 9.17) is 22.1 Å². The van der Waals surface area contributed by atoms with E-state index >= 15 is 0 Å². The quantitative estimate of drug-likeness (QED) is 0.823. The molecule has 0 saturated heterocycles. The molecule has 1 rings (SSSR count). The lowest BCUT2D eigenvalue weighted by molar-refractivity contribution is 0.409. The van der Waals surface area contributed by atoms with Crippen LogP contribution in [0.4, 0.5) is 0 Å². The van der Waals surface area contributed by atoms with Crippen molar-refractivity contribution < 1.29 is 13.2 Å². The Bertz CT molecular complexity index is 505. The third kappa shape index (κ3) is 3.58. The summed E-state index contributed by atoms with van der Waals surface area (Å²) < 4.78 is 31.1. The summed E-state index contributed by atoms with van der Waals surface area (Å²) in [4.78, 5) is 0. The van der Waals surface area contributed by atoms with Gasteiger partial charge in [0, 0.05) is 23.7 Å². The number of methoxy groups -OCH3 is 1. The summed E-state index contributed by atoms with van der Waals surface area (Å²) in [5.74, 6) is 0.547. The SMILES string of the molecule is COc1cccc(Cl)c1CNS(=O)(=O)C(C)CN. The zero-order valence-electron chi connectivity index (χ0n) is 10.3. The average Bonchev–Trinajstić information content (AvgIpc) is 2.35. The van der Waals surface area contributed by atoms with Gasteiger partial charge in [-0.25, -0.2) is 13.1 Å². The van der Waals surface area contributed by atoms with E-state index in [0.717, 1.165) is 0 Å². The van der Waals surface area contributed by atoms with E-state index in [-0.39, 0.29) is 13.1 Å². The van der Waals surface area contributed by atoms with Gasteiger partial charge in [-0.1, -0.05) is 17.7 Å². The fourth-order valence-electron chi connectivity index (χ4n) is 1.34. The molecule has 0 saturated carbocycles. The van der Waals surface area contributed by atoms with Gasteiger partial charge >= 0.3 is 0 Å². The predicted octanol–water partition coefficient (Wildman–Crippen LogP) is 1.12. The standard InChI is InChI=1S/C11H17ClN2O3S/c1-8(6-13)18(15,16)14-7-9-10(12)4-3-5-11(9)17-2/h3-5,8,14H,6-7,13H2,1-2H3. The molecule has 0 radical (unpaired) electrons. The molecule has 0 heterocycles. The molecular weight excluding hydrogens is 276 g/mol. The van der Waals surface area contributed by atoms with E-state index in [0.29, 0.717) is 16.3 Å². The Morgan fingerprint density at radius 3 is 2.72 bits per heavy atom. The normalized spacial score (nSPS) is 13.3. The molecule has 0 aliphatic carbocycles. The number of nitrogens with two attached hydrogens (primary N) is 1. The summed E-state index contributed by atoms with van der Waals surface area (Å²) in [6.45, 7) is 1.69. The first-order valence-corrected chi connectivity index (χ1v) is 7.34. The van der Waals surface area contributed by atoms with Crippen molar-refractivity contribution in [2.45, 2.75) is 18.7 Å². The van der Waals surface area contributed by atoms with Crippen molar-refractivity contribution in [3.63, 3.8) is 0 Å². The van der Waals surface area contributed by atoms with Crippen LogP contribution in [0.5, 0.6) is 5.75 Å². The van der Waals surface area contributed by atoms with E-state index in [1.54, 1.807) is 25.1 Å². The minimum atomic E-state index is -3.44. The van der Waals surface area contributed by atoms with E-state index < -0.39 is 15.3 Å². The largest absolute Gasteiger partial charge is 0.496 e. The van der Waals surface area contributed by atoms with Gasteiger partial charge in [-0.15, -0.1) is 0 Å². The molecule has 18 heavy (non-hydrogen) atoms. The van der Waals surface area contributed by atoms with Crippen LogP contribution in [0, 0.1) is 0 Å². The molecule has 1 unspecified atom stereocenters. The van der Waals surface area contributed by atoms with Gasteiger partial charge in [-0.3, -0.25) is 0 Å². The molecular formula is C11H17ClN2O3S. The predicted molar refractivity (Wildman–Crippen MR) is 72.3 cm³/mol. The number of hydrogen-bond acceptors (Lipinski definition) is 4. The molecule has 0 bridgehead atoms. The van der Waals surface area contributed by atoms with Crippen molar-refractivity contribution in [1.29, 1.82) is 0 Å². The summed E-state index contributed by atoms with van der Waals surface area (Å²) in [7, 11) is -1.93. The highest BCUT2D eigenvalue weighted by Gasteiger charge is 2.19. The van der Waals surface area contributed by atoms with E-state index in [1.807, 2.05) is 0 Å². The number of benzene rings is 1. The number of rotatable bonds is 6. The van der Waals surface area contributed by atoms with Gasteiger partial charge in [0.1, 0.15) is 5.75 Å². The number of halogens is 1. The highest BCUT2D eigenvalue weighted by atomic mass is 35.5. The van der Waals surface area contributed by atoms with Crippen molar-refractivity contribution in [2.24, 2.45) is 5.73 Å². The van der Waals surface area contributed by atoms with Gasteiger partial charge in [0.2, 0.25) is 10.0 Å². The lowest BCUT2D eigenvalue weighted by Crippen LogP contribution is -2.36. The minimum absolute atomic E-state index is 0.0645. The second-order valence-corrected chi connectivity index (χ2v) is 6.42. The van der Waals surface area contributed by atoms with Crippen molar-refractivity contribution in [3.05, 3.63) is 28.8 Å². The summed E-state index contributed by atoms with van der Waals surface area (Å²) in [5, 5.41) is -0.191. The molecule has 0 spiro atoms. The highest BCUT2D eigenvalue weighted by molar-refractivity contribution is 7.90. The fraction of sp³-hybridized carbons (Fsp3) is 0.455. The zero-order chi connectivity index (χ0) is 13.8. The second-order valence-electron chi connectivity index (χ2n) is 3.83. The minimum Gasteiger partial charge on any atom is -0.496 e. The zero-order valence-corrected chi connectivity index (χ0v) is 11.9. The van der Waals surface area contributed by atoms with Gasteiger partial charge in [-0.2, -0.15) is 0 Å². The maximum atomic E-state index is 11.8. The molecule has 102 valence electrons. The van der Waals surface area contributed by atoms with Crippen LogP contribution in [0.2, 0.25) is 5.02 Å². The highest BCUT2D eigenvalue weighted by Crippen LogP contribution is 2.26. The van der Waals surface area contributed by atoms with Crippen LogP contribution in [0.1, 0.15) is 12.5 Å². The van der Waals surface area contributed by atoms with Crippen LogP contribution in [-0.2, 0) is 16.6 Å². The van der Waals surface area contributed by atoms with Crippen molar-refractivity contribution in [3.8, 4) is 5.75 Å². The number of ether oxygens (including phenoxy) is 1. The topological polar surface area (TPSA) is 81.4 Å². The molecule has 0 aromatic heterocycles. The Kier molecular flexibility index (Phi) is 5.40. The monoisotopic (exact) mass is 292 g/mol. The van der Waals surface area contributed by atoms with Crippen LogP contribution in [0.25, 0.3) is 0 Å². The van der Waals surface area contributed by atoms with Crippen LogP contribution in [0.15, 0.2) is 18.2 Å². The van der Waals surface area contributed by atoms with Gasteiger partial charge in [0.25, 0.3) is 0 Å². The molecule has 5 nitrogen and oxygen atoms in total. The van der Waals surface area contributed by atoms with Gasteiger partial charge in [0.05, 0.1) is 12.4 Å². The van der Waals surface area contributed by atoms with E-state index in [1.165, 1.54) is 7.11 Å². The molecule has 1 atom stereocenters. The second kappa shape index (κ2) is 6.38. The summed E-state index contributed by atoms with van der Waals surface area (Å²) in [6, 6.07) is 5.14. The Labute approximate surface area is 112 Å². The molecule has 1 aromatic rings. The Morgan fingerprint density at radius 1 is 1.50 bits per heavy atom. The van der Waals surface area contributed by atoms with Crippen LogP contribution in [-0.4, -0.2) is 27.3 Å². The van der Waals surface area contributed by atoms with Gasteiger partial charge in [0.15, 0.2) is 0 Å². The molecule has 7 heteroatoms. The molecule has 0 aliphatic heterocycles. The lowest BCUT2D eigenvalue weighted by Gasteiger charge is -2.14.